The first-order valence-electron chi connectivity index (χ1n) is 6.39. The molecule has 0 heterocycles. The number of rotatable bonds is 5. The molecule has 20 heavy (non-hydrogen) atoms. The summed E-state index contributed by atoms with van der Waals surface area (Å²) in [6, 6.07) is 14.2. The van der Waals surface area contributed by atoms with Crippen LogP contribution in [-0.4, -0.2) is 14.2 Å². The first kappa shape index (κ1) is 15.4. The number of methoxy groups -OCH3 is 1. The van der Waals surface area contributed by atoms with Crippen molar-refractivity contribution in [1.82, 2.24) is 5.32 Å². The molecule has 0 saturated carbocycles. The minimum atomic E-state index is 0.193. The zero-order valence-corrected chi connectivity index (χ0v) is 13.8. The van der Waals surface area contributed by atoms with Crippen molar-refractivity contribution in [2.75, 3.05) is 14.2 Å². The van der Waals surface area contributed by atoms with Crippen LogP contribution in [-0.2, 0) is 6.42 Å². The molecular weight excluding hydrogens is 338 g/mol. The molecular formula is C16H17BrClNO. The predicted molar refractivity (Wildman–Crippen MR) is 87.7 cm³/mol. The molecule has 0 aromatic heterocycles. The molecule has 2 nitrogen and oxygen atoms in total. The topological polar surface area (TPSA) is 21.3 Å². The van der Waals surface area contributed by atoms with Gasteiger partial charge in [-0.25, -0.2) is 0 Å². The Morgan fingerprint density at radius 3 is 2.70 bits per heavy atom. The molecule has 106 valence electrons. The number of halogens is 2. The van der Waals surface area contributed by atoms with Gasteiger partial charge in [0.05, 0.1) is 7.11 Å². The van der Waals surface area contributed by atoms with Crippen LogP contribution in [0.25, 0.3) is 0 Å². The molecule has 0 amide bonds. The van der Waals surface area contributed by atoms with Crippen LogP contribution < -0.4 is 10.1 Å². The van der Waals surface area contributed by atoms with Crippen molar-refractivity contribution < 1.29 is 4.74 Å². The van der Waals surface area contributed by atoms with E-state index in [1.807, 2.05) is 37.4 Å². The summed E-state index contributed by atoms with van der Waals surface area (Å²) in [4.78, 5) is 0. The van der Waals surface area contributed by atoms with Crippen LogP contribution in [0.1, 0.15) is 17.2 Å². The van der Waals surface area contributed by atoms with E-state index in [-0.39, 0.29) is 6.04 Å². The van der Waals surface area contributed by atoms with Gasteiger partial charge >= 0.3 is 0 Å². The highest BCUT2D eigenvalue weighted by atomic mass is 79.9. The quantitative estimate of drug-likeness (QED) is 0.846. The molecule has 1 N–H and O–H groups in total. The Labute approximate surface area is 133 Å². The summed E-state index contributed by atoms with van der Waals surface area (Å²) in [5.74, 6) is 0.856. The Morgan fingerprint density at radius 1 is 1.25 bits per heavy atom. The maximum absolute atomic E-state index is 6.05. The smallest absolute Gasteiger partial charge is 0.119 e. The summed E-state index contributed by atoms with van der Waals surface area (Å²) >= 11 is 9.65. The molecule has 0 radical (unpaired) electrons. The van der Waals surface area contributed by atoms with Gasteiger partial charge in [0.15, 0.2) is 0 Å². The number of nitrogens with one attached hydrogen (secondary N) is 1. The molecule has 1 unspecified atom stereocenters. The highest BCUT2D eigenvalue weighted by Gasteiger charge is 2.14. The van der Waals surface area contributed by atoms with Gasteiger partial charge in [-0.3, -0.25) is 0 Å². The second-order valence-electron chi connectivity index (χ2n) is 4.56. The van der Waals surface area contributed by atoms with E-state index in [2.05, 4.69) is 33.4 Å². The van der Waals surface area contributed by atoms with Crippen LogP contribution in [0.15, 0.2) is 46.9 Å². The van der Waals surface area contributed by atoms with E-state index in [9.17, 15) is 0 Å². The SMILES string of the molecule is CNC(Cc1cccc(Cl)c1)c1cc(OC)ccc1Br. The lowest BCUT2D eigenvalue weighted by atomic mass is 9.99. The third-order valence-electron chi connectivity index (χ3n) is 3.26. The van der Waals surface area contributed by atoms with E-state index in [4.69, 9.17) is 16.3 Å². The summed E-state index contributed by atoms with van der Waals surface area (Å²) in [6.07, 6.45) is 0.864. The van der Waals surface area contributed by atoms with Crippen molar-refractivity contribution in [3.05, 3.63) is 63.1 Å². The van der Waals surface area contributed by atoms with Crippen molar-refractivity contribution in [1.29, 1.82) is 0 Å². The monoisotopic (exact) mass is 353 g/mol. The summed E-state index contributed by atoms with van der Waals surface area (Å²) in [5.41, 5.74) is 2.37. The van der Waals surface area contributed by atoms with Gasteiger partial charge in [0.2, 0.25) is 0 Å². The minimum Gasteiger partial charge on any atom is -0.497 e. The fraction of sp³-hybridized carbons (Fsp3) is 0.250. The highest BCUT2D eigenvalue weighted by molar-refractivity contribution is 9.10. The van der Waals surface area contributed by atoms with Crippen molar-refractivity contribution >= 4 is 27.5 Å². The number of hydrogen-bond acceptors (Lipinski definition) is 2. The van der Waals surface area contributed by atoms with Gasteiger partial charge in [-0.15, -0.1) is 0 Å². The normalized spacial score (nSPS) is 12.2. The number of likely N-dealkylation sites (N-methyl/N-ethyl adjacent to an activating group) is 1. The van der Waals surface area contributed by atoms with E-state index in [0.717, 1.165) is 21.7 Å². The lowest BCUT2D eigenvalue weighted by molar-refractivity contribution is 0.413. The Balaban J connectivity index is 2.28. The van der Waals surface area contributed by atoms with Gasteiger partial charge in [0.1, 0.15) is 5.75 Å². The fourth-order valence-electron chi connectivity index (χ4n) is 2.18. The lowest BCUT2D eigenvalue weighted by Crippen LogP contribution is -2.19. The average molecular weight is 355 g/mol. The molecule has 0 saturated heterocycles. The van der Waals surface area contributed by atoms with Gasteiger partial charge in [-0.05, 0) is 54.9 Å². The third-order valence-corrected chi connectivity index (χ3v) is 4.21. The second kappa shape index (κ2) is 7.11. The first-order valence-corrected chi connectivity index (χ1v) is 7.56. The Bertz CT molecular complexity index is 588. The number of ether oxygens (including phenoxy) is 1. The summed E-state index contributed by atoms with van der Waals surface area (Å²) in [5, 5.41) is 4.12. The summed E-state index contributed by atoms with van der Waals surface area (Å²) in [6.45, 7) is 0. The van der Waals surface area contributed by atoms with E-state index < -0.39 is 0 Å². The van der Waals surface area contributed by atoms with Crippen LogP contribution in [0.5, 0.6) is 5.75 Å². The number of benzene rings is 2. The third kappa shape index (κ3) is 3.75. The molecule has 0 bridgehead atoms. The van der Waals surface area contributed by atoms with Crippen molar-refractivity contribution in [2.24, 2.45) is 0 Å². The van der Waals surface area contributed by atoms with Gasteiger partial charge in [0.25, 0.3) is 0 Å². The van der Waals surface area contributed by atoms with E-state index in [1.54, 1.807) is 7.11 Å². The minimum absolute atomic E-state index is 0.193. The maximum atomic E-state index is 6.05. The molecule has 0 aliphatic rings. The summed E-state index contributed by atoms with van der Waals surface area (Å²) < 4.78 is 6.37. The van der Waals surface area contributed by atoms with E-state index in [1.165, 1.54) is 11.1 Å². The van der Waals surface area contributed by atoms with Crippen LogP contribution in [0.2, 0.25) is 5.02 Å². The van der Waals surface area contributed by atoms with Gasteiger partial charge in [-0.1, -0.05) is 39.7 Å². The van der Waals surface area contributed by atoms with Gasteiger partial charge in [-0.2, -0.15) is 0 Å². The van der Waals surface area contributed by atoms with Crippen LogP contribution >= 0.6 is 27.5 Å². The van der Waals surface area contributed by atoms with Gasteiger partial charge < -0.3 is 10.1 Å². The maximum Gasteiger partial charge on any atom is 0.119 e. The molecule has 2 rings (SSSR count). The molecule has 1 atom stereocenters. The van der Waals surface area contributed by atoms with Crippen molar-refractivity contribution in [3.8, 4) is 5.75 Å². The largest absolute Gasteiger partial charge is 0.497 e. The van der Waals surface area contributed by atoms with E-state index in [0.29, 0.717) is 0 Å². The van der Waals surface area contributed by atoms with E-state index >= 15 is 0 Å². The second-order valence-corrected chi connectivity index (χ2v) is 5.85. The standard InChI is InChI=1S/C16H17BrClNO/c1-19-16(9-11-4-3-5-12(18)8-11)14-10-13(20-2)6-7-15(14)17/h3-8,10,16,19H,9H2,1-2H3. The van der Waals surface area contributed by atoms with Gasteiger partial charge in [0, 0.05) is 15.5 Å². The molecule has 0 fully saturated rings. The van der Waals surface area contributed by atoms with Crippen LogP contribution in [0.4, 0.5) is 0 Å². The predicted octanol–water partition coefficient (Wildman–Crippen LogP) is 4.61. The van der Waals surface area contributed by atoms with Crippen LogP contribution in [0.3, 0.4) is 0 Å². The van der Waals surface area contributed by atoms with Crippen molar-refractivity contribution in [2.45, 2.75) is 12.5 Å². The number of hydrogen-bond donors (Lipinski definition) is 1. The highest BCUT2D eigenvalue weighted by Crippen LogP contribution is 2.30. The molecule has 2 aromatic rings. The molecule has 2 aromatic carbocycles. The Morgan fingerprint density at radius 2 is 2.05 bits per heavy atom. The fourth-order valence-corrected chi connectivity index (χ4v) is 2.92. The van der Waals surface area contributed by atoms with Crippen molar-refractivity contribution in [3.63, 3.8) is 0 Å². The zero-order valence-electron chi connectivity index (χ0n) is 11.5. The molecule has 4 heteroatoms. The Hall–Kier alpha value is -1.03. The summed E-state index contributed by atoms with van der Waals surface area (Å²) in [7, 11) is 3.64. The van der Waals surface area contributed by atoms with Crippen LogP contribution in [0, 0.1) is 0 Å². The molecule has 0 spiro atoms. The molecule has 0 aliphatic carbocycles. The average Bonchev–Trinajstić information content (AvgIpc) is 2.46. The Kier molecular flexibility index (Phi) is 5.46. The molecule has 0 aliphatic heterocycles. The lowest BCUT2D eigenvalue weighted by Gasteiger charge is -2.19. The first-order chi connectivity index (χ1) is 9.63. The zero-order chi connectivity index (χ0) is 14.5.